The second-order valence-corrected chi connectivity index (χ2v) is 4.66. The number of methoxy groups -OCH3 is 1. The summed E-state index contributed by atoms with van der Waals surface area (Å²) < 4.78 is 18.5. The van der Waals surface area contributed by atoms with Crippen molar-refractivity contribution < 1.29 is 9.13 Å². The summed E-state index contributed by atoms with van der Waals surface area (Å²) in [5.74, 6) is 0.426. The minimum Gasteiger partial charge on any atom is -0.496 e. The number of hydrogen-bond acceptors (Lipinski definition) is 3. The lowest BCUT2D eigenvalue weighted by molar-refractivity contribution is 0.410. The van der Waals surface area contributed by atoms with Crippen LogP contribution in [0.15, 0.2) is 42.5 Å². The van der Waals surface area contributed by atoms with Gasteiger partial charge in [-0.15, -0.1) is 0 Å². The molecule has 0 saturated heterocycles. The zero-order valence-corrected chi connectivity index (χ0v) is 11.8. The largest absolute Gasteiger partial charge is 0.496 e. The highest BCUT2D eigenvalue weighted by Gasteiger charge is 2.08. The number of anilines is 1. The standard InChI is InChI=1S/C15H15FN2OS/c1-19-14-5-3-2-4-10(14)9-18-13-7-6-11(16)8-12(13)15(17)20/h2-8,18H,9H2,1H3,(H2,17,20). The number of rotatable bonds is 5. The van der Waals surface area contributed by atoms with Gasteiger partial charge in [-0.2, -0.15) is 0 Å². The minimum atomic E-state index is -0.365. The first-order valence-corrected chi connectivity index (χ1v) is 6.47. The van der Waals surface area contributed by atoms with Crippen LogP contribution in [0.2, 0.25) is 0 Å². The Kier molecular flexibility index (Phi) is 4.53. The van der Waals surface area contributed by atoms with E-state index in [1.807, 2.05) is 24.3 Å². The van der Waals surface area contributed by atoms with Crippen molar-refractivity contribution in [1.82, 2.24) is 0 Å². The van der Waals surface area contributed by atoms with Gasteiger partial charge in [0, 0.05) is 23.4 Å². The van der Waals surface area contributed by atoms with E-state index in [0.29, 0.717) is 17.8 Å². The molecule has 0 saturated carbocycles. The van der Waals surface area contributed by atoms with E-state index in [4.69, 9.17) is 22.7 Å². The first-order chi connectivity index (χ1) is 9.61. The fourth-order valence-corrected chi connectivity index (χ4v) is 2.08. The van der Waals surface area contributed by atoms with E-state index in [1.165, 1.54) is 12.1 Å². The van der Waals surface area contributed by atoms with E-state index in [-0.39, 0.29) is 10.8 Å². The van der Waals surface area contributed by atoms with Crippen LogP contribution >= 0.6 is 12.2 Å². The maximum atomic E-state index is 13.2. The third kappa shape index (κ3) is 3.24. The number of nitrogens with two attached hydrogens (primary N) is 1. The van der Waals surface area contributed by atoms with Crippen molar-refractivity contribution >= 4 is 22.9 Å². The van der Waals surface area contributed by atoms with Gasteiger partial charge in [0.05, 0.1) is 7.11 Å². The maximum Gasteiger partial charge on any atom is 0.124 e. The number of para-hydroxylation sites is 1. The Hall–Kier alpha value is -2.14. The van der Waals surface area contributed by atoms with Crippen molar-refractivity contribution in [2.24, 2.45) is 5.73 Å². The third-order valence-electron chi connectivity index (χ3n) is 2.91. The Morgan fingerprint density at radius 2 is 2.05 bits per heavy atom. The minimum absolute atomic E-state index is 0.159. The van der Waals surface area contributed by atoms with Crippen LogP contribution in [-0.2, 0) is 6.54 Å². The van der Waals surface area contributed by atoms with E-state index in [9.17, 15) is 4.39 Å². The molecule has 0 unspecified atom stereocenters. The number of benzene rings is 2. The number of ether oxygens (including phenoxy) is 1. The van der Waals surface area contributed by atoms with Gasteiger partial charge < -0.3 is 15.8 Å². The van der Waals surface area contributed by atoms with Crippen LogP contribution in [-0.4, -0.2) is 12.1 Å². The van der Waals surface area contributed by atoms with E-state index in [2.05, 4.69) is 5.32 Å². The molecule has 5 heteroatoms. The van der Waals surface area contributed by atoms with E-state index >= 15 is 0 Å². The van der Waals surface area contributed by atoms with Gasteiger partial charge in [0.1, 0.15) is 16.6 Å². The summed E-state index contributed by atoms with van der Waals surface area (Å²) in [5, 5.41) is 3.20. The van der Waals surface area contributed by atoms with Crippen molar-refractivity contribution in [2.75, 3.05) is 12.4 Å². The lowest BCUT2D eigenvalue weighted by Crippen LogP contribution is -2.13. The third-order valence-corrected chi connectivity index (χ3v) is 3.13. The molecule has 0 bridgehead atoms. The summed E-state index contributed by atoms with van der Waals surface area (Å²) in [7, 11) is 1.62. The average molecular weight is 290 g/mol. The van der Waals surface area contributed by atoms with Gasteiger partial charge in [-0.1, -0.05) is 30.4 Å². The highest BCUT2D eigenvalue weighted by atomic mass is 32.1. The van der Waals surface area contributed by atoms with Gasteiger partial charge in [0.25, 0.3) is 0 Å². The molecule has 0 aliphatic heterocycles. The molecule has 3 nitrogen and oxygen atoms in total. The zero-order chi connectivity index (χ0) is 14.5. The number of thiocarbonyl (C=S) groups is 1. The SMILES string of the molecule is COc1ccccc1CNc1ccc(F)cc1C(N)=S. The molecule has 0 heterocycles. The summed E-state index contributed by atoms with van der Waals surface area (Å²) in [5.41, 5.74) is 7.80. The van der Waals surface area contributed by atoms with Gasteiger partial charge in [-0.25, -0.2) is 4.39 Å². The van der Waals surface area contributed by atoms with E-state index in [0.717, 1.165) is 11.3 Å². The lowest BCUT2D eigenvalue weighted by atomic mass is 10.1. The average Bonchev–Trinajstić information content (AvgIpc) is 2.46. The van der Waals surface area contributed by atoms with Gasteiger partial charge in [0.15, 0.2) is 0 Å². The van der Waals surface area contributed by atoms with Crippen LogP contribution in [0, 0.1) is 5.82 Å². The topological polar surface area (TPSA) is 47.3 Å². The molecule has 0 fully saturated rings. The summed E-state index contributed by atoms with van der Waals surface area (Å²) in [4.78, 5) is 0.159. The highest BCUT2D eigenvalue weighted by Crippen LogP contribution is 2.21. The molecule has 0 aliphatic carbocycles. The second kappa shape index (κ2) is 6.34. The van der Waals surface area contributed by atoms with Crippen molar-refractivity contribution in [3.05, 3.63) is 59.4 Å². The molecule has 0 radical (unpaired) electrons. The van der Waals surface area contributed by atoms with Crippen LogP contribution in [0.4, 0.5) is 10.1 Å². The molecule has 20 heavy (non-hydrogen) atoms. The zero-order valence-electron chi connectivity index (χ0n) is 11.0. The van der Waals surface area contributed by atoms with Crippen molar-refractivity contribution in [2.45, 2.75) is 6.54 Å². The summed E-state index contributed by atoms with van der Waals surface area (Å²) in [6, 6.07) is 12.0. The Balaban J connectivity index is 2.21. The van der Waals surface area contributed by atoms with Gasteiger partial charge in [0.2, 0.25) is 0 Å². The smallest absolute Gasteiger partial charge is 0.124 e. The molecule has 104 valence electrons. The number of nitrogens with one attached hydrogen (secondary N) is 1. The van der Waals surface area contributed by atoms with Crippen LogP contribution < -0.4 is 15.8 Å². The predicted octanol–water partition coefficient (Wildman–Crippen LogP) is 3.08. The lowest BCUT2D eigenvalue weighted by Gasteiger charge is -2.13. The molecule has 2 rings (SSSR count). The molecule has 0 amide bonds. The highest BCUT2D eigenvalue weighted by molar-refractivity contribution is 7.80. The van der Waals surface area contributed by atoms with Gasteiger partial charge in [-0.05, 0) is 24.3 Å². The first-order valence-electron chi connectivity index (χ1n) is 6.07. The summed E-state index contributed by atoms with van der Waals surface area (Å²) in [6.45, 7) is 0.533. The quantitative estimate of drug-likeness (QED) is 0.831. The molecular formula is C15H15FN2OS. The van der Waals surface area contributed by atoms with Crippen LogP contribution in [0.3, 0.4) is 0 Å². The summed E-state index contributed by atoms with van der Waals surface area (Å²) >= 11 is 4.94. The predicted molar refractivity (Wildman–Crippen MR) is 82.6 cm³/mol. The first kappa shape index (κ1) is 14.3. The Labute approximate surface area is 122 Å². The van der Waals surface area contributed by atoms with Gasteiger partial charge in [-0.3, -0.25) is 0 Å². The number of hydrogen-bond donors (Lipinski definition) is 2. The Bertz CT molecular complexity index is 631. The normalized spacial score (nSPS) is 10.1. The molecule has 2 aromatic carbocycles. The van der Waals surface area contributed by atoms with Crippen LogP contribution in [0.5, 0.6) is 5.75 Å². The number of halogens is 1. The fourth-order valence-electron chi connectivity index (χ4n) is 1.91. The molecule has 0 spiro atoms. The molecule has 0 atom stereocenters. The summed E-state index contributed by atoms with van der Waals surface area (Å²) in [6.07, 6.45) is 0. The molecule has 0 aliphatic rings. The second-order valence-electron chi connectivity index (χ2n) is 4.22. The molecule has 3 N–H and O–H groups in total. The van der Waals surface area contributed by atoms with Crippen molar-refractivity contribution in [3.63, 3.8) is 0 Å². The van der Waals surface area contributed by atoms with E-state index in [1.54, 1.807) is 13.2 Å². The monoisotopic (exact) mass is 290 g/mol. The fraction of sp³-hybridized carbons (Fsp3) is 0.133. The van der Waals surface area contributed by atoms with E-state index < -0.39 is 0 Å². The molecule has 2 aromatic rings. The van der Waals surface area contributed by atoms with Crippen molar-refractivity contribution in [3.8, 4) is 5.75 Å². The molecule has 0 aromatic heterocycles. The molecular weight excluding hydrogens is 275 g/mol. The van der Waals surface area contributed by atoms with Gasteiger partial charge >= 0.3 is 0 Å². The Morgan fingerprint density at radius 1 is 1.30 bits per heavy atom. The van der Waals surface area contributed by atoms with Crippen LogP contribution in [0.1, 0.15) is 11.1 Å². The van der Waals surface area contributed by atoms with Crippen molar-refractivity contribution in [1.29, 1.82) is 0 Å². The Morgan fingerprint density at radius 3 is 2.75 bits per heavy atom. The van der Waals surface area contributed by atoms with Crippen LogP contribution in [0.25, 0.3) is 0 Å². The maximum absolute atomic E-state index is 13.2.